The van der Waals surface area contributed by atoms with Crippen LogP contribution in [-0.2, 0) is 0 Å². The number of benzene rings is 2. The van der Waals surface area contributed by atoms with Gasteiger partial charge in [-0.1, -0.05) is 13.0 Å². The van der Waals surface area contributed by atoms with Crippen LogP contribution in [0.3, 0.4) is 0 Å². The van der Waals surface area contributed by atoms with Gasteiger partial charge in [0.2, 0.25) is 0 Å². The lowest BCUT2D eigenvalue weighted by molar-refractivity contribution is 0.756. The molecule has 4 rings (SSSR count). The van der Waals surface area contributed by atoms with Crippen LogP contribution in [0, 0.1) is 28.1 Å². The number of hydrogen-bond acceptors (Lipinski definition) is 5. The second-order valence-electron chi connectivity index (χ2n) is 7.56. The van der Waals surface area contributed by atoms with Crippen molar-refractivity contribution in [2.45, 2.75) is 13.8 Å². The molecule has 154 valence electrons. The van der Waals surface area contributed by atoms with E-state index in [0.29, 0.717) is 29.3 Å². The van der Waals surface area contributed by atoms with Gasteiger partial charge in [0.1, 0.15) is 11.7 Å². The van der Waals surface area contributed by atoms with Gasteiger partial charge in [-0.3, -0.25) is 25.1 Å². The maximum Gasteiger partial charge on any atom is 0.255 e. The summed E-state index contributed by atoms with van der Waals surface area (Å²) in [5.41, 5.74) is 3.51. The normalized spacial score (nSPS) is 15.8. The minimum Gasteiger partial charge on any atom is -0.339 e. The fraction of sp³-hybridized carbons (Fsp3) is 0.167. The van der Waals surface area contributed by atoms with Gasteiger partial charge in [-0.2, -0.15) is 5.26 Å². The quantitative estimate of drug-likeness (QED) is 0.486. The van der Waals surface area contributed by atoms with Crippen molar-refractivity contribution >= 4 is 28.7 Å². The molecule has 0 radical (unpaired) electrons. The van der Waals surface area contributed by atoms with Gasteiger partial charge in [0.25, 0.3) is 5.56 Å². The molecule has 31 heavy (non-hydrogen) atoms. The van der Waals surface area contributed by atoms with E-state index < -0.39 is 0 Å². The summed E-state index contributed by atoms with van der Waals surface area (Å²) in [7, 11) is 0. The molecule has 1 aliphatic heterocycles. The first-order valence-corrected chi connectivity index (χ1v) is 9.94. The summed E-state index contributed by atoms with van der Waals surface area (Å²) >= 11 is 0. The summed E-state index contributed by atoms with van der Waals surface area (Å²) in [6.07, 6.45) is 1.72. The van der Waals surface area contributed by atoms with Gasteiger partial charge in [0.15, 0.2) is 0 Å². The number of anilines is 3. The third-order valence-corrected chi connectivity index (χ3v) is 5.40. The zero-order chi connectivity index (χ0) is 22.1. The Balaban J connectivity index is 1.95. The van der Waals surface area contributed by atoms with Crippen LogP contribution in [0.2, 0.25) is 0 Å². The molecule has 0 amide bonds. The topological polar surface area (TPSA) is 100.0 Å². The molecule has 2 heterocycles. The van der Waals surface area contributed by atoms with E-state index >= 15 is 0 Å². The van der Waals surface area contributed by atoms with Gasteiger partial charge < -0.3 is 4.90 Å². The van der Waals surface area contributed by atoms with E-state index in [2.05, 4.69) is 11.0 Å². The number of nitrogens with zero attached hydrogens (tertiary/aromatic N) is 4. The van der Waals surface area contributed by atoms with Gasteiger partial charge in [0.05, 0.1) is 28.7 Å². The molecule has 3 aromatic rings. The highest BCUT2D eigenvalue weighted by Gasteiger charge is 2.31. The Morgan fingerprint density at radius 1 is 1.06 bits per heavy atom. The summed E-state index contributed by atoms with van der Waals surface area (Å²) < 4.78 is 1.57. The van der Waals surface area contributed by atoms with E-state index in [-0.39, 0.29) is 17.3 Å². The molecule has 2 aromatic carbocycles. The Bertz CT molecular complexity index is 1270. The average molecular weight is 410 g/mol. The monoisotopic (exact) mass is 410 g/mol. The predicted octanol–water partition coefficient (Wildman–Crippen LogP) is 4.28. The highest BCUT2D eigenvalue weighted by atomic mass is 16.1. The Morgan fingerprint density at radius 2 is 1.77 bits per heavy atom. The predicted molar refractivity (Wildman–Crippen MR) is 123 cm³/mol. The lowest BCUT2D eigenvalue weighted by atomic mass is 10.1. The number of nitrogens with one attached hydrogen (secondary N) is 2. The second-order valence-corrected chi connectivity index (χ2v) is 7.56. The molecule has 0 saturated carbocycles. The summed E-state index contributed by atoms with van der Waals surface area (Å²) in [4.78, 5) is 16.1. The van der Waals surface area contributed by atoms with Crippen LogP contribution in [0.5, 0.6) is 0 Å². The van der Waals surface area contributed by atoms with E-state index in [0.717, 1.165) is 11.4 Å². The first-order valence-electron chi connectivity index (χ1n) is 9.94. The first-order chi connectivity index (χ1) is 14.9. The number of hydrogen-bond donors (Lipinski definition) is 2. The lowest BCUT2D eigenvalue weighted by Crippen LogP contribution is -2.38. The minimum atomic E-state index is -0.147. The number of fused-ring (bicyclic) bond motifs is 1. The third-order valence-electron chi connectivity index (χ3n) is 5.40. The van der Waals surface area contributed by atoms with E-state index in [1.807, 2.05) is 37.3 Å². The van der Waals surface area contributed by atoms with Crippen molar-refractivity contribution in [2.75, 3.05) is 16.3 Å². The average Bonchev–Trinajstić information content (AvgIpc) is 2.88. The van der Waals surface area contributed by atoms with Crippen molar-refractivity contribution in [2.24, 2.45) is 5.92 Å². The van der Waals surface area contributed by atoms with Gasteiger partial charge in [-0.15, -0.1) is 0 Å². The molecule has 2 N–H and O–H groups in total. The third kappa shape index (κ3) is 3.60. The highest BCUT2D eigenvalue weighted by molar-refractivity contribution is 6.19. The van der Waals surface area contributed by atoms with Crippen LogP contribution >= 0.6 is 0 Å². The van der Waals surface area contributed by atoms with Crippen molar-refractivity contribution in [3.05, 3.63) is 82.8 Å². The number of amidine groups is 2. The van der Waals surface area contributed by atoms with E-state index in [1.165, 1.54) is 6.07 Å². The van der Waals surface area contributed by atoms with Gasteiger partial charge >= 0.3 is 0 Å². The van der Waals surface area contributed by atoms with E-state index in [1.54, 1.807) is 46.9 Å². The Labute approximate surface area is 180 Å². The number of aromatic nitrogens is 1. The van der Waals surface area contributed by atoms with Crippen LogP contribution < -0.4 is 15.4 Å². The summed E-state index contributed by atoms with van der Waals surface area (Å²) in [6, 6.07) is 20.0. The molecule has 1 aliphatic rings. The molecule has 1 atom stereocenters. The van der Waals surface area contributed by atoms with Crippen LogP contribution in [0.4, 0.5) is 17.1 Å². The molecule has 0 spiro atoms. The zero-order valence-corrected chi connectivity index (χ0v) is 17.3. The molecule has 0 fully saturated rings. The van der Waals surface area contributed by atoms with Crippen LogP contribution in [0.25, 0.3) is 5.69 Å². The standard InChI is InChI=1S/C24H22N6O/c1-16-15-29(19-8-6-18(14-25)7-9-19)22-13-20(28-12-4-3-5-23(28)31)10-11-21(22)30(17(2)26)24(16)27/h3-13,16,26-27H,15H2,1-2H3/t16-/m1/s1. The molecule has 0 bridgehead atoms. The Hall–Kier alpha value is -4.18. The van der Waals surface area contributed by atoms with Crippen LogP contribution in [0.1, 0.15) is 19.4 Å². The molecule has 7 nitrogen and oxygen atoms in total. The van der Waals surface area contributed by atoms with Gasteiger partial charge in [0, 0.05) is 30.4 Å². The number of pyridine rings is 1. The van der Waals surface area contributed by atoms with Gasteiger partial charge in [-0.05, 0) is 55.5 Å². The smallest absolute Gasteiger partial charge is 0.255 e. The Morgan fingerprint density at radius 3 is 2.42 bits per heavy atom. The van der Waals surface area contributed by atoms with Crippen molar-refractivity contribution in [1.29, 1.82) is 16.1 Å². The molecule has 0 aliphatic carbocycles. The summed E-state index contributed by atoms with van der Waals surface area (Å²) in [5, 5.41) is 26.1. The molecule has 1 aromatic heterocycles. The molecule has 0 unspecified atom stereocenters. The second kappa shape index (κ2) is 7.92. The molecular weight excluding hydrogens is 388 g/mol. The Kier molecular flexibility index (Phi) is 5.14. The van der Waals surface area contributed by atoms with Gasteiger partial charge in [-0.25, -0.2) is 0 Å². The van der Waals surface area contributed by atoms with E-state index in [9.17, 15) is 4.79 Å². The first kappa shape index (κ1) is 20.1. The van der Waals surface area contributed by atoms with E-state index in [4.69, 9.17) is 16.1 Å². The summed E-state index contributed by atoms with van der Waals surface area (Å²) in [6.45, 7) is 4.15. The SMILES string of the molecule is CC(=N)N1C(=N)[C@H](C)CN(c2ccc(C#N)cc2)c2cc(-n3ccccc3=O)ccc21. The van der Waals surface area contributed by atoms with Crippen molar-refractivity contribution < 1.29 is 0 Å². The minimum absolute atomic E-state index is 0.137. The van der Waals surface area contributed by atoms with Crippen LogP contribution in [-0.4, -0.2) is 22.8 Å². The molecular formula is C24H22N6O. The maximum absolute atomic E-state index is 12.4. The summed E-state index contributed by atoms with van der Waals surface area (Å²) in [5.74, 6) is 0.449. The van der Waals surface area contributed by atoms with Crippen LogP contribution in [0.15, 0.2) is 71.7 Å². The fourth-order valence-electron chi connectivity index (χ4n) is 3.84. The van der Waals surface area contributed by atoms with Crippen molar-refractivity contribution in [1.82, 2.24) is 4.57 Å². The zero-order valence-electron chi connectivity index (χ0n) is 17.3. The highest BCUT2D eigenvalue weighted by Crippen LogP contribution is 2.40. The number of nitriles is 1. The fourth-order valence-corrected chi connectivity index (χ4v) is 3.84. The molecule has 7 heteroatoms. The van der Waals surface area contributed by atoms with Crippen molar-refractivity contribution in [3.8, 4) is 11.8 Å². The molecule has 0 saturated heterocycles. The van der Waals surface area contributed by atoms with Crippen molar-refractivity contribution in [3.63, 3.8) is 0 Å². The maximum atomic E-state index is 12.4. The number of rotatable bonds is 2. The lowest BCUT2D eigenvalue weighted by Gasteiger charge is -2.28. The largest absolute Gasteiger partial charge is 0.339 e.